The molecule has 1 unspecified atom stereocenters. The monoisotopic (exact) mass is 229 g/mol. The molecule has 15 heavy (non-hydrogen) atoms. The fraction of sp³-hybridized carbons (Fsp3) is 1.00. The van der Waals surface area contributed by atoms with Crippen LogP contribution in [0, 0.1) is 11.3 Å². The van der Waals surface area contributed by atoms with E-state index in [0.717, 1.165) is 5.92 Å². The third-order valence-electron chi connectivity index (χ3n) is 3.24. The van der Waals surface area contributed by atoms with Gasteiger partial charge in [-0.15, -0.1) is 0 Å². The molecule has 0 bridgehead atoms. The van der Waals surface area contributed by atoms with Gasteiger partial charge in [0.25, 0.3) is 0 Å². The van der Waals surface area contributed by atoms with E-state index < -0.39 is 0 Å². The van der Waals surface area contributed by atoms with Gasteiger partial charge in [0.05, 0.1) is 0 Å². The van der Waals surface area contributed by atoms with Gasteiger partial charge in [0.1, 0.15) is 0 Å². The maximum absolute atomic E-state index is 6.20. The molecule has 1 nitrogen and oxygen atoms in total. The molecule has 0 aromatic carbocycles. The summed E-state index contributed by atoms with van der Waals surface area (Å²) < 4.78 is 0. The molecule has 1 rings (SSSR count). The first-order chi connectivity index (χ1) is 6.97. The molecule has 90 valence electrons. The number of thioether (sulfide) groups is 1. The van der Waals surface area contributed by atoms with Crippen LogP contribution in [0.1, 0.15) is 52.9 Å². The predicted octanol–water partition coefficient (Wildman–Crippen LogP) is 3.67. The highest BCUT2D eigenvalue weighted by Gasteiger charge is 2.18. The summed E-state index contributed by atoms with van der Waals surface area (Å²) in [4.78, 5) is 0. The van der Waals surface area contributed by atoms with E-state index in [0.29, 0.717) is 11.5 Å². The molecule has 1 saturated heterocycles. The molecule has 2 heteroatoms. The fourth-order valence-corrected chi connectivity index (χ4v) is 3.35. The Hall–Kier alpha value is 0.310. The molecule has 2 N–H and O–H groups in total. The molecule has 1 heterocycles. The van der Waals surface area contributed by atoms with Crippen molar-refractivity contribution in [2.45, 2.75) is 58.9 Å². The summed E-state index contributed by atoms with van der Waals surface area (Å²) in [5.74, 6) is 3.63. The van der Waals surface area contributed by atoms with Crippen molar-refractivity contribution in [1.29, 1.82) is 0 Å². The first kappa shape index (κ1) is 13.4. The standard InChI is InChI=1S/C13H27NS/c1-13(2,3)7-4-12(14)10-11-5-8-15-9-6-11/h11-12H,4-10,14H2,1-3H3. The molecule has 0 saturated carbocycles. The summed E-state index contributed by atoms with van der Waals surface area (Å²) in [5.41, 5.74) is 6.65. The van der Waals surface area contributed by atoms with Gasteiger partial charge >= 0.3 is 0 Å². The Kier molecular flexibility index (Phi) is 5.48. The first-order valence-corrected chi connectivity index (χ1v) is 7.46. The summed E-state index contributed by atoms with van der Waals surface area (Å²) >= 11 is 2.10. The predicted molar refractivity (Wildman–Crippen MR) is 71.3 cm³/mol. The average Bonchev–Trinajstić information content (AvgIpc) is 2.15. The number of rotatable bonds is 4. The quantitative estimate of drug-likeness (QED) is 0.796. The zero-order chi connectivity index (χ0) is 11.3. The lowest BCUT2D eigenvalue weighted by atomic mass is 9.86. The van der Waals surface area contributed by atoms with Crippen LogP contribution in [0.4, 0.5) is 0 Å². The Bertz CT molecular complexity index is 168. The van der Waals surface area contributed by atoms with E-state index in [1.165, 1.54) is 43.6 Å². The van der Waals surface area contributed by atoms with Gasteiger partial charge in [0.15, 0.2) is 0 Å². The average molecular weight is 229 g/mol. The summed E-state index contributed by atoms with van der Waals surface area (Å²) in [6.45, 7) is 6.91. The second kappa shape index (κ2) is 6.15. The van der Waals surface area contributed by atoms with Gasteiger partial charge in [0, 0.05) is 6.04 Å². The minimum atomic E-state index is 0.442. The second-order valence-electron chi connectivity index (χ2n) is 6.15. The molecule has 1 aliphatic rings. The largest absolute Gasteiger partial charge is 0.328 e. The van der Waals surface area contributed by atoms with E-state index in [2.05, 4.69) is 32.5 Å². The lowest BCUT2D eigenvalue weighted by Crippen LogP contribution is -2.26. The van der Waals surface area contributed by atoms with Crippen LogP contribution in [0.3, 0.4) is 0 Å². The van der Waals surface area contributed by atoms with Crippen molar-refractivity contribution in [3.8, 4) is 0 Å². The van der Waals surface area contributed by atoms with Gasteiger partial charge < -0.3 is 5.73 Å². The van der Waals surface area contributed by atoms with Gasteiger partial charge in [0.2, 0.25) is 0 Å². The summed E-state index contributed by atoms with van der Waals surface area (Å²) in [5, 5.41) is 0. The van der Waals surface area contributed by atoms with Crippen LogP contribution >= 0.6 is 11.8 Å². The molecule has 1 fully saturated rings. The topological polar surface area (TPSA) is 26.0 Å². The Morgan fingerprint density at radius 3 is 2.40 bits per heavy atom. The maximum atomic E-state index is 6.20. The number of hydrogen-bond acceptors (Lipinski definition) is 2. The molecule has 0 spiro atoms. The van der Waals surface area contributed by atoms with Crippen molar-refractivity contribution in [2.75, 3.05) is 11.5 Å². The van der Waals surface area contributed by atoms with Gasteiger partial charge in [-0.05, 0) is 54.9 Å². The normalized spacial score (nSPS) is 21.6. The Morgan fingerprint density at radius 2 is 1.87 bits per heavy atom. The highest BCUT2D eigenvalue weighted by Crippen LogP contribution is 2.28. The maximum Gasteiger partial charge on any atom is 0.00416 e. The molecule has 0 aromatic rings. The van der Waals surface area contributed by atoms with Gasteiger partial charge in [-0.2, -0.15) is 11.8 Å². The van der Waals surface area contributed by atoms with Crippen LogP contribution < -0.4 is 5.73 Å². The number of hydrogen-bond donors (Lipinski definition) is 1. The highest BCUT2D eigenvalue weighted by molar-refractivity contribution is 7.99. The fourth-order valence-electron chi connectivity index (χ4n) is 2.15. The summed E-state index contributed by atoms with van der Waals surface area (Å²) in [6.07, 6.45) is 6.52. The van der Waals surface area contributed by atoms with Gasteiger partial charge in [-0.25, -0.2) is 0 Å². The van der Waals surface area contributed by atoms with E-state index in [1.807, 2.05) is 0 Å². The van der Waals surface area contributed by atoms with Crippen LogP contribution in [0.5, 0.6) is 0 Å². The molecule has 0 aromatic heterocycles. The summed E-state index contributed by atoms with van der Waals surface area (Å²) in [7, 11) is 0. The lowest BCUT2D eigenvalue weighted by molar-refractivity contribution is 0.320. The molecule has 0 aliphatic carbocycles. The van der Waals surface area contributed by atoms with Crippen LogP contribution in [-0.4, -0.2) is 17.5 Å². The van der Waals surface area contributed by atoms with Crippen LogP contribution in [0.25, 0.3) is 0 Å². The zero-order valence-corrected chi connectivity index (χ0v) is 11.4. The van der Waals surface area contributed by atoms with Crippen molar-refractivity contribution in [3.63, 3.8) is 0 Å². The van der Waals surface area contributed by atoms with Gasteiger partial charge in [-0.1, -0.05) is 20.8 Å². The van der Waals surface area contributed by atoms with Crippen LogP contribution in [0.15, 0.2) is 0 Å². The van der Waals surface area contributed by atoms with Crippen LogP contribution in [-0.2, 0) is 0 Å². The highest BCUT2D eigenvalue weighted by atomic mass is 32.2. The van der Waals surface area contributed by atoms with E-state index >= 15 is 0 Å². The first-order valence-electron chi connectivity index (χ1n) is 6.31. The van der Waals surface area contributed by atoms with E-state index in [-0.39, 0.29) is 0 Å². The molecular weight excluding hydrogens is 202 g/mol. The van der Waals surface area contributed by atoms with Crippen molar-refractivity contribution in [3.05, 3.63) is 0 Å². The molecule has 1 atom stereocenters. The second-order valence-corrected chi connectivity index (χ2v) is 7.38. The molecule has 1 aliphatic heterocycles. The number of nitrogens with two attached hydrogens (primary N) is 1. The van der Waals surface area contributed by atoms with Gasteiger partial charge in [-0.3, -0.25) is 0 Å². The smallest absolute Gasteiger partial charge is 0.00416 e. The zero-order valence-electron chi connectivity index (χ0n) is 10.6. The minimum Gasteiger partial charge on any atom is -0.328 e. The van der Waals surface area contributed by atoms with Crippen molar-refractivity contribution < 1.29 is 0 Å². The van der Waals surface area contributed by atoms with Crippen molar-refractivity contribution >= 4 is 11.8 Å². The van der Waals surface area contributed by atoms with E-state index in [4.69, 9.17) is 5.73 Å². The minimum absolute atomic E-state index is 0.442. The third kappa shape index (κ3) is 6.47. The van der Waals surface area contributed by atoms with Crippen molar-refractivity contribution in [1.82, 2.24) is 0 Å². The SMILES string of the molecule is CC(C)(C)CCC(N)CC1CCSCC1. The van der Waals surface area contributed by atoms with E-state index in [9.17, 15) is 0 Å². The van der Waals surface area contributed by atoms with E-state index in [1.54, 1.807) is 0 Å². The Morgan fingerprint density at radius 1 is 1.27 bits per heavy atom. The molecular formula is C13H27NS. The van der Waals surface area contributed by atoms with Crippen molar-refractivity contribution in [2.24, 2.45) is 17.1 Å². The lowest BCUT2D eigenvalue weighted by Gasteiger charge is -2.26. The van der Waals surface area contributed by atoms with Crippen LogP contribution in [0.2, 0.25) is 0 Å². The molecule has 0 amide bonds. The Labute approximate surface area is 99.6 Å². The molecule has 0 radical (unpaired) electrons. The summed E-state index contributed by atoms with van der Waals surface area (Å²) in [6, 6.07) is 0.442. The third-order valence-corrected chi connectivity index (χ3v) is 4.29. The Balaban J connectivity index is 2.14.